The Morgan fingerprint density at radius 2 is 0.102 bits per heavy atom. The monoisotopic (exact) mass is 784 g/mol. The summed E-state index contributed by atoms with van der Waals surface area (Å²) < 4.78 is 0. The van der Waals surface area contributed by atoms with E-state index < -0.39 is 87.9 Å². The molecule has 0 spiro atoms. The molecule has 0 amide bonds. The summed E-state index contributed by atoms with van der Waals surface area (Å²) in [5, 5.41) is 258. The van der Waals surface area contributed by atoms with Gasteiger partial charge in [-0.3, -0.25) is 0 Å². The van der Waals surface area contributed by atoms with Gasteiger partial charge >= 0.3 is 139 Å². The average molecular weight is 782 g/mol. The molecular formula is H37B12KO36. The Morgan fingerprint density at radius 1 is 0.102 bits per heavy atom. The van der Waals surface area contributed by atoms with Gasteiger partial charge in [0.1, 0.15) is 0 Å². The van der Waals surface area contributed by atoms with E-state index in [-0.39, 0.29) is 51.4 Å². The molecule has 0 rings (SSSR count). The van der Waals surface area contributed by atoms with E-state index in [1.165, 1.54) is 0 Å². The van der Waals surface area contributed by atoms with Crippen LogP contribution in [0.1, 0.15) is 0 Å². The van der Waals surface area contributed by atoms with Crippen LogP contribution in [0.15, 0.2) is 0 Å². The maximum atomic E-state index is 7.17. The second-order valence-electron chi connectivity index (χ2n) is 4.16. The maximum absolute atomic E-state index is 7.17. The third kappa shape index (κ3) is 114000. The van der Waals surface area contributed by atoms with Gasteiger partial charge in [-0.1, -0.05) is 0 Å². The Morgan fingerprint density at radius 3 is 0.102 bits per heavy atom. The van der Waals surface area contributed by atoms with Crippen molar-refractivity contribution in [2.75, 3.05) is 0 Å². The van der Waals surface area contributed by atoms with E-state index >= 15 is 0 Å². The summed E-state index contributed by atoms with van der Waals surface area (Å²) in [4.78, 5) is 0. The first-order valence-corrected chi connectivity index (χ1v) is 9.30. The van der Waals surface area contributed by atoms with Crippen LogP contribution in [0.4, 0.5) is 0 Å². The predicted molar refractivity (Wildman–Crippen MR) is 156 cm³/mol. The van der Waals surface area contributed by atoms with Gasteiger partial charge in [0, 0.05) is 0 Å². The minimum atomic E-state index is -2.17. The van der Waals surface area contributed by atoms with E-state index in [1.54, 1.807) is 0 Å². The Kier molecular flexibility index (Phi) is 148. The van der Waals surface area contributed by atoms with Gasteiger partial charge in [0.25, 0.3) is 0 Å². The summed E-state index contributed by atoms with van der Waals surface area (Å²) >= 11 is 0. The fourth-order valence-electron chi connectivity index (χ4n) is 0. The second kappa shape index (κ2) is 82.4. The van der Waals surface area contributed by atoms with Gasteiger partial charge in [0.15, 0.2) is 0 Å². The molecule has 36 nitrogen and oxygen atoms in total. The molecular weight excluding hydrogens is 745 g/mol. The molecule has 0 heterocycles. The van der Waals surface area contributed by atoms with Crippen molar-refractivity contribution in [2.24, 2.45) is 0 Å². The molecule has 0 radical (unpaired) electrons. The fraction of sp³-hybridized carbons (Fsp3) is 0. The van der Waals surface area contributed by atoms with Crippen LogP contribution < -0.4 is 0 Å². The van der Waals surface area contributed by atoms with Crippen LogP contribution in [0.25, 0.3) is 0 Å². The van der Waals surface area contributed by atoms with Gasteiger partial charge in [-0.2, -0.15) is 0 Å². The fourth-order valence-corrected chi connectivity index (χ4v) is 0. The van der Waals surface area contributed by atoms with Gasteiger partial charge in [0.05, 0.1) is 0 Å². The van der Waals surface area contributed by atoms with Gasteiger partial charge < -0.3 is 181 Å². The molecule has 0 saturated heterocycles. The molecule has 0 bridgehead atoms. The van der Waals surface area contributed by atoms with Crippen molar-refractivity contribution >= 4 is 139 Å². The molecule has 36 N–H and O–H groups in total. The van der Waals surface area contributed by atoms with Crippen molar-refractivity contribution in [3.63, 3.8) is 0 Å². The third-order valence-electron chi connectivity index (χ3n) is 0. The van der Waals surface area contributed by atoms with Crippen molar-refractivity contribution in [1.82, 2.24) is 0 Å². The molecule has 0 aromatic rings. The van der Waals surface area contributed by atoms with E-state index in [9.17, 15) is 0 Å². The molecule has 0 aliphatic heterocycles. The van der Waals surface area contributed by atoms with Gasteiger partial charge in [-0.15, -0.1) is 0 Å². The summed E-state index contributed by atoms with van der Waals surface area (Å²) in [5.74, 6) is 0. The molecule has 0 aliphatic carbocycles. The van der Waals surface area contributed by atoms with Crippen molar-refractivity contribution in [3.05, 3.63) is 0 Å². The quantitative estimate of drug-likeness (QED) is 0.101. The van der Waals surface area contributed by atoms with Crippen LogP contribution in [-0.2, 0) is 0 Å². The van der Waals surface area contributed by atoms with Crippen LogP contribution in [0.3, 0.4) is 0 Å². The number of rotatable bonds is 0. The van der Waals surface area contributed by atoms with Crippen molar-refractivity contribution in [3.8, 4) is 0 Å². The van der Waals surface area contributed by atoms with Gasteiger partial charge in [-0.25, -0.2) is 0 Å². The zero-order valence-electron chi connectivity index (χ0n) is 23.0. The molecule has 49 heavy (non-hydrogen) atoms. The molecule has 49 heteroatoms. The molecule has 0 atom stereocenters. The summed E-state index contributed by atoms with van der Waals surface area (Å²) in [6.45, 7) is 0. The Bertz CT molecular complexity index is 232. The zero-order valence-corrected chi connectivity index (χ0v) is 23.0. The van der Waals surface area contributed by atoms with Gasteiger partial charge in [0.2, 0.25) is 0 Å². The second-order valence-corrected chi connectivity index (χ2v) is 4.16. The van der Waals surface area contributed by atoms with E-state index in [4.69, 9.17) is 181 Å². The predicted octanol–water partition coefficient (Wildman–Crippen LogP) is -25.3. The Hall–Kier alpha value is 0.976. The molecule has 0 aromatic carbocycles. The summed E-state index contributed by atoms with van der Waals surface area (Å²) in [5.41, 5.74) is 0. The van der Waals surface area contributed by atoms with Crippen LogP contribution in [0.2, 0.25) is 0 Å². The SMILES string of the molecule is OB(O)O.OB(O)O.OB(O)O.OB(O)O.OB(O)O.OB(O)O.OB(O)O.OB(O)O.OB(O)O.OB(O)O.OB(O)O.OB(O)O.[KH]. The Balaban J connectivity index is -0.0000000262. The number of hydrogen-bond acceptors (Lipinski definition) is 36. The normalized spacial score (nSPS) is 6.61. The molecule has 0 aliphatic rings. The molecule has 0 fully saturated rings. The molecule has 290 valence electrons. The minimum absolute atomic E-state index is 0. The summed E-state index contributed by atoms with van der Waals surface area (Å²) in [6, 6.07) is 0. The van der Waals surface area contributed by atoms with Gasteiger partial charge in [-0.05, 0) is 0 Å². The van der Waals surface area contributed by atoms with Crippen LogP contribution >= 0.6 is 0 Å². The average Bonchev–Trinajstić information content (AvgIpc) is 2.61. The van der Waals surface area contributed by atoms with E-state index in [2.05, 4.69) is 0 Å². The molecule has 0 unspecified atom stereocenters. The van der Waals surface area contributed by atoms with Crippen LogP contribution in [-0.4, -0.2) is 320 Å². The van der Waals surface area contributed by atoms with E-state index in [0.29, 0.717) is 0 Å². The van der Waals surface area contributed by atoms with Crippen molar-refractivity contribution < 1.29 is 181 Å². The topological polar surface area (TPSA) is 728 Å². The summed E-state index contributed by atoms with van der Waals surface area (Å²) in [7, 11) is -26.0. The van der Waals surface area contributed by atoms with E-state index in [1.807, 2.05) is 0 Å². The summed E-state index contributed by atoms with van der Waals surface area (Å²) in [6.07, 6.45) is 0. The first-order valence-electron chi connectivity index (χ1n) is 9.30. The third-order valence-corrected chi connectivity index (χ3v) is 0. The molecule has 0 aromatic heterocycles. The number of hydrogen-bond donors (Lipinski definition) is 36. The Labute approximate surface area is 318 Å². The first kappa shape index (κ1) is 87.7. The molecule has 0 saturated carbocycles. The van der Waals surface area contributed by atoms with Crippen molar-refractivity contribution in [2.45, 2.75) is 0 Å². The zero-order chi connectivity index (χ0) is 42.9. The van der Waals surface area contributed by atoms with E-state index in [0.717, 1.165) is 0 Å². The van der Waals surface area contributed by atoms with Crippen LogP contribution in [0, 0.1) is 0 Å². The van der Waals surface area contributed by atoms with Crippen molar-refractivity contribution in [1.29, 1.82) is 0 Å². The first-order chi connectivity index (χ1) is 20.8. The van der Waals surface area contributed by atoms with Crippen LogP contribution in [0.5, 0.6) is 0 Å². The standard InChI is InChI=1S/12BH3O3.K.H/c12*2-1(3)4;;/h12*2-4H;;.